The highest BCUT2D eigenvalue weighted by molar-refractivity contribution is 5.97. The van der Waals surface area contributed by atoms with E-state index in [0.717, 1.165) is 0 Å². The van der Waals surface area contributed by atoms with Crippen molar-refractivity contribution >= 4 is 29.3 Å². The van der Waals surface area contributed by atoms with Crippen molar-refractivity contribution in [3.8, 4) is 0 Å². The Bertz CT molecular complexity index is 666. The molecule has 2 N–H and O–H groups in total. The van der Waals surface area contributed by atoms with Gasteiger partial charge in [0.05, 0.1) is 30.0 Å². The Morgan fingerprint density at radius 2 is 1.88 bits per heavy atom. The number of rotatable bonds is 4. The van der Waals surface area contributed by atoms with E-state index in [-0.39, 0.29) is 11.9 Å². The van der Waals surface area contributed by atoms with Gasteiger partial charge >= 0.3 is 18.0 Å². The number of carboxylic acid groups (broad SMARTS) is 1. The molecule has 0 bridgehead atoms. The summed E-state index contributed by atoms with van der Waals surface area (Å²) in [4.78, 5) is 38.5. The third-order valence-corrected chi connectivity index (χ3v) is 4.27. The molecule has 1 heterocycles. The number of aliphatic carboxylic acids is 1. The maximum absolute atomic E-state index is 12.5. The lowest BCUT2D eigenvalue weighted by atomic mass is 9.97. The Hall–Kier alpha value is -2.77. The number of benzene rings is 1. The Kier molecular flexibility index (Phi) is 5.84. The highest BCUT2D eigenvalue weighted by Crippen LogP contribution is 2.27. The number of carbonyl (C=O) groups excluding carboxylic acids is 2. The van der Waals surface area contributed by atoms with Crippen molar-refractivity contribution in [3.63, 3.8) is 0 Å². The van der Waals surface area contributed by atoms with E-state index in [0.29, 0.717) is 42.9 Å². The molecule has 0 spiro atoms. The van der Waals surface area contributed by atoms with E-state index in [2.05, 4.69) is 5.32 Å². The Morgan fingerprint density at radius 1 is 1.24 bits per heavy atom. The van der Waals surface area contributed by atoms with E-state index in [4.69, 9.17) is 9.84 Å². The van der Waals surface area contributed by atoms with Crippen molar-refractivity contribution in [1.82, 2.24) is 4.90 Å². The lowest BCUT2D eigenvalue weighted by Gasteiger charge is -2.30. The fourth-order valence-electron chi connectivity index (χ4n) is 2.78. The molecule has 1 fully saturated rings. The van der Waals surface area contributed by atoms with Crippen molar-refractivity contribution in [1.29, 1.82) is 0 Å². The Labute approximate surface area is 146 Å². The Balaban J connectivity index is 2.10. The van der Waals surface area contributed by atoms with Crippen LogP contribution in [0.1, 0.15) is 23.2 Å². The summed E-state index contributed by atoms with van der Waals surface area (Å²) >= 11 is 0. The van der Waals surface area contributed by atoms with Crippen LogP contribution in [0.25, 0.3) is 0 Å². The van der Waals surface area contributed by atoms with Gasteiger partial charge in [0.1, 0.15) is 0 Å². The van der Waals surface area contributed by atoms with E-state index in [9.17, 15) is 14.4 Å². The van der Waals surface area contributed by atoms with Crippen molar-refractivity contribution in [2.45, 2.75) is 12.8 Å². The molecule has 8 heteroatoms. The third kappa shape index (κ3) is 4.40. The highest BCUT2D eigenvalue weighted by atomic mass is 16.5. The van der Waals surface area contributed by atoms with Crippen LogP contribution in [-0.4, -0.2) is 62.3 Å². The minimum atomic E-state index is -0.812. The number of esters is 1. The molecule has 25 heavy (non-hydrogen) atoms. The molecule has 1 aromatic carbocycles. The average molecular weight is 349 g/mol. The fourth-order valence-corrected chi connectivity index (χ4v) is 2.78. The minimum Gasteiger partial charge on any atom is -0.481 e. The quantitative estimate of drug-likeness (QED) is 0.805. The third-order valence-electron chi connectivity index (χ3n) is 4.27. The van der Waals surface area contributed by atoms with Crippen LogP contribution < -0.4 is 10.2 Å². The number of carboxylic acids is 1. The summed E-state index contributed by atoms with van der Waals surface area (Å²) in [6.07, 6.45) is 0.898. The predicted octanol–water partition coefficient (Wildman–Crippen LogP) is 1.87. The summed E-state index contributed by atoms with van der Waals surface area (Å²) in [5.41, 5.74) is 1.64. The molecule has 1 aliphatic rings. The lowest BCUT2D eigenvalue weighted by Crippen LogP contribution is -2.42. The second-order valence-corrected chi connectivity index (χ2v) is 6.15. The van der Waals surface area contributed by atoms with E-state index in [1.54, 1.807) is 28.0 Å². The number of piperidine rings is 1. The van der Waals surface area contributed by atoms with E-state index in [1.165, 1.54) is 7.11 Å². The first-order valence-electron chi connectivity index (χ1n) is 8.02. The maximum Gasteiger partial charge on any atom is 0.337 e. The van der Waals surface area contributed by atoms with Crippen LogP contribution in [0.2, 0.25) is 0 Å². The highest BCUT2D eigenvalue weighted by Gasteiger charge is 2.27. The molecule has 1 aromatic rings. The van der Waals surface area contributed by atoms with Crippen LogP contribution in [-0.2, 0) is 9.53 Å². The molecule has 1 saturated heterocycles. The first kappa shape index (κ1) is 18.6. The zero-order valence-corrected chi connectivity index (χ0v) is 14.6. The first-order valence-corrected chi connectivity index (χ1v) is 8.02. The fraction of sp³-hybridized carbons (Fsp3) is 0.471. The molecular formula is C17H23N3O5. The van der Waals surface area contributed by atoms with E-state index >= 15 is 0 Å². The topological polar surface area (TPSA) is 99.2 Å². The van der Waals surface area contributed by atoms with Crippen LogP contribution >= 0.6 is 0 Å². The van der Waals surface area contributed by atoms with Gasteiger partial charge in [-0.3, -0.25) is 4.79 Å². The molecule has 2 amide bonds. The molecule has 1 aliphatic heterocycles. The number of urea groups is 1. The molecule has 0 aromatic heterocycles. The summed E-state index contributed by atoms with van der Waals surface area (Å²) in [5, 5.41) is 11.9. The summed E-state index contributed by atoms with van der Waals surface area (Å²) in [5.74, 6) is -1.65. The van der Waals surface area contributed by atoms with Crippen LogP contribution in [0.3, 0.4) is 0 Å². The number of hydrogen-bond acceptors (Lipinski definition) is 5. The zero-order valence-electron chi connectivity index (χ0n) is 14.6. The summed E-state index contributed by atoms with van der Waals surface area (Å²) < 4.78 is 4.72. The van der Waals surface area contributed by atoms with Gasteiger partial charge in [-0.25, -0.2) is 9.59 Å². The summed E-state index contributed by atoms with van der Waals surface area (Å²) in [6.45, 7) is 0.806. The number of likely N-dealkylation sites (tertiary alicyclic amines) is 1. The van der Waals surface area contributed by atoms with Crippen LogP contribution in [0.5, 0.6) is 0 Å². The van der Waals surface area contributed by atoms with Crippen LogP contribution in [0.4, 0.5) is 16.2 Å². The van der Waals surface area contributed by atoms with Gasteiger partial charge < -0.3 is 25.0 Å². The number of ether oxygens (including phenoxy) is 1. The first-order chi connectivity index (χ1) is 11.8. The van der Waals surface area contributed by atoms with Crippen LogP contribution in [0.15, 0.2) is 18.2 Å². The average Bonchev–Trinajstić information content (AvgIpc) is 2.61. The summed E-state index contributed by atoms with van der Waals surface area (Å²) in [7, 11) is 4.93. The van der Waals surface area contributed by atoms with E-state index in [1.807, 2.05) is 14.1 Å². The van der Waals surface area contributed by atoms with Crippen molar-refractivity contribution in [2.24, 2.45) is 5.92 Å². The van der Waals surface area contributed by atoms with Gasteiger partial charge in [0, 0.05) is 27.2 Å². The second kappa shape index (κ2) is 7.87. The molecule has 136 valence electrons. The Morgan fingerprint density at radius 3 is 2.40 bits per heavy atom. The smallest absolute Gasteiger partial charge is 0.337 e. The number of methoxy groups -OCH3 is 1. The molecule has 0 unspecified atom stereocenters. The number of nitrogens with zero attached hydrogens (tertiary/aromatic N) is 2. The SMILES string of the molecule is COC(=O)c1ccc(NC(=O)N2CCC(C(=O)O)CC2)c(N(C)C)c1. The van der Waals surface area contributed by atoms with E-state index < -0.39 is 11.9 Å². The molecule has 2 rings (SSSR count). The standard InChI is InChI=1S/C17H23N3O5/c1-19(2)14-10-12(16(23)25-3)4-5-13(14)18-17(24)20-8-6-11(7-9-20)15(21)22/h4-5,10-11H,6-9H2,1-3H3,(H,18,24)(H,21,22). The second-order valence-electron chi connectivity index (χ2n) is 6.15. The molecule has 0 saturated carbocycles. The molecule has 8 nitrogen and oxygen atoms in total. The number of anilines is 2. The largest absolute Gasteiger partial charge is 0.481 e. The van der Waals surface area contributed by atoms with Crippen molar-refractivity contribution in [2.75, 3.05) is 44.5 Å². The van der Waals surface area contributed by atoms with Gasteiger partial charge in [-0.2, -0.15) is 0 Å². The summed E-state index contributed by atoms with van der Waals surface area (Å²) in [6, 6.07) is 4.62. The van der Waals surface area contributed by atoms with Crippen molar-refractivity contribution < 1.29 is 24.2 Å². The molecule has 0 atom stereocenters. The number of hydrogen-bond donors (Lipinski definition) is 2. The minimum absolute atomic E-state index is 0.280. The monoisotopic (exact) mass is 349 g/mol. The molecule has 0 radical (unpaired) electrons. The van der Waals surface area contributed by atoms with Crippen LogP contribution in [0, 0.1) is 5.92 Å². The zero-order chi connectivity index (χ0) is 18.6. The molecular weight excluding hydrogens is 326 g/mol. The molecule has 0 aliphatic carbocycles. The van der Waals surface area contributed by atoms with Gasteiger partial charge in [-0.15, -0.1) is 0 Å². The normalized spacial score (nSPS) is 14.8. The van der Waals surface area contributed by atoms with Gasteiger partial charge in [-0.1, -0.05) is 0 Å². The van der Waals surface area contributed by atoms with Gasteiger partial charge in [-0.05, 0) is 31.0 Å². The maximum atomic E-state index is 12.5. The predicted molar refractivity (Wildman–Crippen MR) is 93.1 cm³/mol. The lowest BCUT2D eigenvalue weighted by molar-refractivity contribution is -0.143. The number of amides is 2. The van der Waals surface area contributed by atoms with Gasteiger partial charge in [0.15, 0.2) is 0 Å². The van der Waals surface area contributed by atoms with Crippen molar-refractivity contribution in [3.05, 3.63) is 23.8 Å². The number of nitrogens with one attached hydrogen (secondary N) is 1. The van der Waals surface area contributed by atoms with Gasteiger partial charge in [0.2, 0.25) is 0 Å². The van der Waals surface area contributed by atoms with Gasteiger partial charge in [0.25, 0.3) is 0 Å². The number of carbonyl (C=O) groups is 3.